The Morgan fingerprint density at radius 2 is 2.32 bits per heavy atom. The molecule has 1 amide bonds. The Bertz CT molecular complexity index is 661. The molecule has 1 saturated heterocycles. The Morgan fingerprint density at radius 1 is 1.45 bits per heavy atom. The van der Waals surface area contributed by atoms with Crippen LogP contribution in [0.4, 0.5) is 5.69 Å². The Hall–Kier alpha value is -2.31. The fourth-order valence-corrected chi connectivity index (χ4v) is 2.98. The summed E-state index contributed by atoms with van der Waals surface area (Å²) >= 11 is 0. The number of carbonyl (C=O) groups excluding carboxylic acids is 1. The van der Waals surface area contributed by atoms with Gasteiger partial charge in [-0.3, -0.25) is 9.89 Å². The molecule has 2 aromatic rings. The van der Waals surface area contributed by atoms with Crippen molar-refractivity contribution < 1.29 is 9.32 Å². The average molecular weight is 301 g/mol. The third-order valence-electron chi connectivity index (χ3n) is 4.52. The van der Waals surface area contributed by atoms with Gasteiger partial charge in [-0.1, -0.05) is 12.1 Å². The van der Waals surface area contributed by atoms with Gasteiger partial charge in [0.25, 0.3) is 5.91 Å². The van der Waals surface area contributed by atoms with Crippen molar-refractivity contribution in [2.45, 2.75) is 31.7 Å². The maximum atomic E-state index is 12.3. The van der Waals surface area contributed by atoms with Crippen LogP contribution in [0.2, 0.25) is 0 Å². The molecule has 22 heavy (non-hydrogen) atoms. The largest absolute Gasteiger partial charge is 0.367 e. The molecule has 2 fully saturated rings. The van der Waals surface area contributed by atoms with Gasteiger partial charge in [-0.25, -0.2) is 0 Å². The van der Waals surface area contributed by atoms with Gasteiger partial charge in [0.05, 0.1) is 17.9 Å². The van der Waals surface area contributed by atoms with E-state index in [9.17, 15) is 4.79 Å². The van der Waals surface area contributed by atoms with E-state index in [1.54, 1.807) is 12.3 Å². The zero-order chi connectivity index (χ0) is 15.1. The molecular weight excluding hydrogens is 282 g/mol. The number of H-pyrrole nitrogens is 1. The van der Waals surface area contributed by atoms with Crippen LogP contribution < -0.4 is 10.2 Å². The van der Waals surface area contributed by atoms with Crippen LogP contribution >= 0.6 is 0 Å². The fraction of sp³-hybridized carbons (Fsp3) is 0.533. The molecule has 1 aliphatic carbocycles. The Morgan fingerprint density at radius 3 is 3.05 bits per heavy atom. The lowest BCUT2D eigenvalue weighted by atomic mass is 10.1. The van der Waals surface area contributed by atoms with Crippen molar-refractivity contribution >= 4 is 11.6 Å². The molecule has 1 saturated carbocycles. The van der Waals surface area contributed by atoms with E-state index in [-0.39, 0.29) is 11.9 Å². The van der Waals surface area contributed by atoms with Crippen LogP contribution in [0.15, 0.2) is 23.0 Å². The normalized spacial score (nSPS) is 24.7. The summed E-state index contributed by atoms with van der Waals surface area (Å²) in [6.45, 7) is 3.82. The number of hydrogen-bond acceptors (Lipinski definition) is 5. The Kier molecular flexibility index (Phi) is 3.13. The van der Waals surface area contributed by atoms with Crippen molar-refractivity contribution in [3.63, 3.8) is 0 Å². The average Bonchev–Trinajstić information content (AvgIpc) is 2.96. The van der Waals surface area contributed by atoms with E-state index in [4.69, 9.17) is 4.52 Å². The quantitative estimate of drug-likeness (QED) is 0.894. The van der Waals surface area contributed by atoms with Crippen LogP contribution in [0.25, 0.3) is 0 Å². The summed E-state index contributed by atoms with van der Waals surface area (Å²) in [7, 11) is 0. The van der Waals surface area contributed by atoms with Gasteiger partial charge in [-0.05, 0) is 18.8 Å². The van der Waals surface area contributed by atoms with Gasteiger partial charge in [-0.2, -0.15) is 5.10 Å². The van der Waals surface area contributed by atoms with E-state index in [0.717, 1.165) is 37.4 Å². The smallest absolute Gasteiger partial charge is 0.273 e. The second-order valence-electron chi connectivity index (χ2n) is 6.31. The maximum Gasteiger partial charge on any atom is 0.273 e. The molecule has 2 aromatic heterocycles. The van der Waals surface area contributed by atoms with Gasteiger partial charge in [0, 0.05) is 31.3 Å². The first-order valence-corrected chi connectivity index (χ1v) is 7.72. The number of amides is 1. The first kappa shape index (κ1) is 13.4. The van der Waals surface area contributed by atoms with Crippen molar-refractivity contribution in [1.82, 2.24) is 20.7 Å². The zero-order valence-corrected chi connectivity index (χ0v) is 12.5. The topological polar surface area (TPSA) is 87.0 Å². The fourth-order valence-electron chi connectivity index (χ4n) is 2.98. The second kappa shape index (κ2) is 5.15. The molecular formula is C15H19N5O2. The first-order valence-electron chi connectivity index (χ1n) is 7.72. The van der Waals surface area contributed by atoms with Gasteiger partial charge >= 0.3 is 0 Å². The highest BCUT2D eigenvalue weighted by atomic mass is 16.5. The van der Waals surface area contributed by atoms with Gasteiger partial charge < -0.3 is 14.7 Å². The highest BCUT2D eigenvalue weighted by Crippen LogP contribution is 2.40. The molecule has 1 aliphatic heterocycles. The van der Waals surface area contributed by atoms with Crippen molar-refractivity contribution in [2.75, 3.05) is 18.0 Å². The predicted octanol–water partition coefficient (Wildman–Crippen LogP) is 1.53. The molecule has 2 atom stereocenters. The molecule has 0 aromatic carbocycles. The van der Waals surface area contributed by atoms with E-state index < -0.39 is 0 Å². The summed E-state index contributed by atoms with van der Waals surface area (Å²) < 4.78 is 5.25. The minimum Gasteiger partial charge on any atom is -0.367 e. The highest BCUT2D eigenvalue weighted by molar-refractivity contribution is 5.92. The standard InChI is InChI=1S/C15H19N5O2/c1-9-7-20(11-5-16-17-6-11)8-13(9)18-15(21)12-4-14(22-19-12)10-2-3-10/h4-6,9-10,13H,2-3,7-8H2,1H3,(H,16,17)(H,18,21)/t9-,13+/m1/s1. The van der Waals surface area contributed by atoms with Crippen molar-refractivity contribution in [1.29, 1.82) is 0 Å². The summed E-state index contributed by atoms with van der Waals surface area (Å²) in [5, 5.41) is 13.8. The second-order valence-corrected chi connectivity index (χ2v) is 6.31. The van der Waals surface area contributed by atoms with Crippen molar-refractivity contribution in [3.05, 3.63) is 29.9 Å². The molecule has 2 N–H and O–H groups in total. The summed E-state index contributed by atoms with van der Waals surface area (Å²) in [5.74, 6) is 1.52. The maximum absolute atomic E-state index is 12.3. The van der Waals surface area contributed by atoms with Crippen molar-refractivity contribution in [2.24, 2.45) is 5.92 Å². The van der Waals surface area contributed by atoms with Crippen LogP contribution in [-0.2, 0) is 0 Å². The minimum atomic E-state index is -0.151. The Balaban J connectivity index is 1.40. The number of rotatable bonds is 4. The van der Waals surface area contributed by atoms with Crippen LogP contribution in [0.5, 0.6) is 0 Å². The van der Waals surface area contributed by atoms with Crippen molar-refractivity contribution in [3.8, 4) is 0 Å². The number of carbonyl (C=O) groups is 1. The van der Waals surface area contributed by atoms with Gasteiger partial charge in [0.2, 0.25) is 0 Å². The number of aromatic amines is 1. The SMILES string of the molecule is C[C@@H]1CN(c2cn[nH]c2)C[C@@H]1NC(=O)c1cc(C2CC2)on1. The monoisotopic (exact) mass is 301 g/mol. The van der Waals surface area contributed by atoms with E-state index in [1.165, 1.54) is 0 Å². The van der Waals surface area contributed by atoms with Gasteiger partial charge in [-0.15, -0.1) is 0 Å². The first-order chi connectivity index (χ1) is 10.7. The molecule has 3 heterocycles. The van der Waals surface area contributed by atoms with Gasteiger partial charge in [0.1, 0.15) is 5.76 Å². The summed E-state index contributed by atoms with van der Waals surface area (Å²) in [6.07, 6.45) is 5.94. The van der Waals surface area contributed by atoms with Crippen LogP contribution in [0, 0.1) is 5.92 Å². The molecule has 116 valence electrons. The number of nitrogens with zero attached hydrogens (tertiary/aromatic N) is 3. The number of hydrogen-bond donors (Lipinski definition) is 2. The van der Waals surface area contributed by atoms with E-state index in [2.05, 4.69) is 32.5 Å². The van der Waals surface area contributed by atoms with Crippen LogP contribution in [-0.4, -0.2) is 40.4 Å². The third kappa shape index (κ3) is 2.47. The summed E-state index contributed by atoms with van der Waals surface area (Å²) in [6, 6.07) is 1.88. The molecule has 7 heteroatoms. The molecule has 0 unspecified atom stereocenters. The third-order valence-corrected chi connectivity index (χ3v) is 4.52. The predicted molar refractivity (Wildman–Crippen MR) is 79.7 cm³/mol. The lowest BCUT2D eigenvalue weighted by Crippen LogP contribution is -2.40. The highest BCUT2D eigenvalue weighted by Gasteiger charge is 2.33. The minimum absolute atomic E-state index is 0.100. The molecule has 7 nitrogen and oxygen atoms in total. The lowest BCUT2D eigenvalue weighted by Gasteiger charge is -2.16. The Labute approximate surface area is 128 Å². The van der Waals surface area contributed by atoms with E-state index in [0.29, 0.717) is 17.5 Å². The molecule has 0 spiro atoms. The number of nitrogens with one attached hydrogen (secondary N) is 2. The molecule has 0 bridgehead atoms. The van der Waals surface area contributed by atoms with Crippen LogP contribution in [0.1, 0.15) is 41.9 Å². The van der Waals surface area contributed by atoms with E-state index in [1.807, 2.05) is 6.20 Å². The van der Waals surface area contributed by atoms with Gasteiger partial charge in [0.15, 0.2) is 5.69 Å². The summed E-state index contributed by atoms with van der Waals surface area (Å²) in [4.78, 5) is 14.5. The molecule has 0 radical (unpaired) electrons. The van der Waals surface area contributed by atoms with E-state index >= 15 is 0 Å². The molecule has 4 rings (SSSR count). The summed E-state index contributed by atoms with van der Waals surface area (Å²) in [5.41, 5.74) is 1.44. The van der Waals surface area contributed by atoms with Crippen LogP contribution in [0.3, 0.4) is 0 Å². The molecule has 2 aliphatic rings. The number of anilines is 1. The zero-order valence-electron chi connectivity index (χ0n) is 12.5. The lowest BCUT2D eigenvalue weighted by molar-refractivity contribution is 0.0924. The number of aromatic nitrogens is 3.